The van der Waals surface area contributed by atoms with Crippen LogP contribution in [0.3, 0.4) is 0 Å². The highest BCUT2D eigenvalue weighted by Gasteiger charge is 2.28. The number of nitrogens with zero attached hydrogens (tertiary/aromatic N) is 1. The Hall–Kier alpha value is -1.23. The number of halogens is 1. The number of carbonyl (C=O) groups is 1. The molecule has 0 radical (unpaired) electrons. The zero-order valence-corrected chi connectivity index (χ0v) is 12.6. The molecule has 1 aromatic rings. The molecule has 0 spiro atoms. The Balaban J connectivity index is 2.88. The minimum atomic E-state index is -0.804. The standard InChI is InChI=1S/C13H18BrNO3/c1-13(2,12(16)17)8-15(3)9-5-6-11(18-4)10(14)7-9/h5-7H,8H2,1-4H3,(H,16,17). The number of carboxylic acids is 1. The van der Waals surface area contributed by atoms with Gasteiger partial charge in [0, 0.05) is 19.3 Å². The maximum Gasteiger partial charge on any atom is 0.310 e. The summed E-state index contributed by atoms with van der Waals surface area (Å²) in [5, 5.41) is 9.12. The number of methoxy groups -OCH3 is 1. The Kier molecular flexibility index (Phi) is 4.62. The van der Waals surface area contributed by atoms with E-state index in [1.807, 2.05) is 30.1 Å². The van der Waals surface area contributed by atoms with E-state index in [4.69, 9.17) is 9.84 Å². The van der Waals surface area contributed by atoms with E-state index in [1.54, 1.807) is 21.0 Å². The summed E-state index contributed by atoms with van der Waals surface area (Å²) in [6.45, 7) is 3.86. The van der Waals surface area contributed by atoms with Crippen LogP contribution >= 0.6 is 15.9 Å². The van der Waals surface area contributed by atoms with Gasteiger partial charge in [-0.05, 0) is 48.0 Å². The van der Waals surface area contributed by atoms with Gasteiger partial charge < -0.3 is 14.7 Å². The Morgan fingerprint density at radius 1 is 1.50 bits per heavy atom. The zero-order chi connectivity index (χ0) is 13.9. The first-order valence-corrected chi connectivity index (χ1v) is 6.35. The predicted octanol–water partition coefficient (Wildman–Crippen LogP) is 3.00. The van der Waals surface area contributed by atoms with Crippen LogP contribution in [0.15, 0.2) is 22.7 Å². The summed E-state index contributed by atoms with van der Waals surface area (Å²) < 4.78 is 6.01. The van der Waals surface area contributed by atoms with Gasteiger partial charge in [0.1, 0.15) is 5.75 Å². The van der Waals surface area contributed by atoms with E-state index >= 15 is 0 Å². The lowest BCUT2D eigenvalue weighted by Crippen LogP contribution is -2.37. The number of anilines is 1. The number of hydrogen-bond acceptors (Lipinski definition) is 3. The van der Waals surface area contributed by atoms with Crippen LogP contribution in [-0.2, 0) is 4.79 Å². The van der Waals surface area contributed by atoms with E-state index in [0.29, 0.717) is 6.54 Å². The molecule has 0 heterocycles. The maximum absolute atomic E-state index is 11.1. The first-order valence-electron chi connectivity index (χ1n) is 5.56. The van der Waals surface area contributed by atoms with Crippen molar-refractivity contribution in [3.63, 3.8) is 0 Å². The third-order valence-corrected chi connectivity index (χ3v) is 3.41. The van der Waals surface area contributed by atoms with Gasteiger partial charge in [-0.1, -0.05) is 0 Å². The molecule has 0 aliphatic carbocycles. The lowest BCUT2D eigenvalue weighted by atomic mass is 9.93. The fraction of sp³-hybridized carbons (Fsp3) is 0.462. The summed E-state index contributed by atoms with van der Waals surface area (Å²) in [6.07, 6.45) is 0. The van der Waals surface area contributed by atoms with Crippen molar-refractivity contribution >= 4 is 27.6 Å². The summed E-state index contributed by atoms with van der Waals surface area (Å²) in [4.78, 5) is 13.0. The van der Waals surface area contributed by atoms with Crippen LogP contribution < -0.4 is 9.64 Å². The Morgan fingerprint density at radius 2 is 2.11 bits per heavy atom. The molecule has 0 bridgehead atoms. The van der Waals surface area contributed by atoms with Crippen molar-refractivity contribution in [2.75, 3.05) is 25.6 Å². The van der Waals surface area contributed by atoms with Crippen molar-refractivity contribution in [3.05, 3.63) is 22.7 Å². The molecule has 0 atom stereocenters. The third kappa shape index (κ3) is 3.38. The number of ether oxygens (including phenoxy) is 1. The van der Waals surface area contributed by atoms with Gasteiger partial charge in [0.05, 0.1) is 17.0 Å². The second-order valence-electron chi connectivity index (χ2n) is 4.86. The molecule has 0 aliphatic rings. The first-order chi connectivity index (χ1) is 8.27. The average Bonchev–Trinajstić information content (AvgIpc) is 2.28. The van der Waals surface area contributed by atoms with Crippen molar-refractivity contribution in [3.8, 4) is 5.75 Å². The summed E-state index contributed by atoms with van der Waals surface area (Å²) in [5.74, 6) is -0.0495. The highest BCUT2D eigenvalue weighted by molar-refractivity contribution is 9.10. The van der Waals surface area contributed by atoms with Crippen molar-refractivity contribution in [1.82, 2.24) is 0 Å². The number of carboxylic acid groups (broad SMARTS) is 1. The second-order valence-corrected chi connectivity index (χ2v) is 5.72. The van der Waals surface area contributed by atoms with Crippen molar-refractivity contribution < 1.29 is 14.6 Å². The minimum Gasteiger partial charge on any atom is -0.496 e. The number of rotatable bonds is 5. The molecular weight excluding hydrogens is 298 g/mol. The molecule has 0 amide bonds. The summed E-state index contributed by atoms with van der Waals surface area (Å²) in [7, 11) is 3.48. The molecule has 0 unspecified atom stereocenters. The Morgan fingerprint density at radius 3 is 2.56 bits per heavy atom. The van der Waals surface area contributed by atoms with Crippen LogP contribution in [0.4, 0.5) is 5.69 Å². The van der Waals surface area contributed by atoms with E-state index in [1.165, 1.54) is 0 Å². The van der Waals surface area contributed by atoms with Crippen LogP contribution in [0.25, 0.3) is 0 Å². The quantitative estimate of drug-likeness (QED) is 0.907. The van der Waals surface area contributed by atoms with Gasteiger partial charge in [0.2, 0.25) is 0 Å². The van der Waals surface area contributed by atoms with Gasteiger partial charge in [0.25, 0.3) is 0 Å². The van der Waals surface area contributed by atoms with Crippen molar-refractivity contribution in [2.45, 2.75) is 13.8 Å². The number of aliphatic carboxylic acids is 1. The van der Waals surface area contributed by atoms with Gasteiger partial charge in [-0.3, -0.25) is 4.79 Å². The monoisotopic (exact) mass is 315 g/mol. The van der Waals surface area contributed by atoms with Crippen LogP contribution in [0.5, 0.6) is 5.75 Å². The largest absolute Gasteiger partial charge is 0.496 e. The molecule has 1 rings (SSSR count). The predicted molar refractivity (Wildman–Crippen MR) is 75.4 cm³/mol. The maximum atomic E-state index is 11.1. The highest BCUT2D eigenvalue weighted by Crippen LogP contribution is 2.30. The molecule has 0 aliphatic heterocycles. The van der Waals surface area contributed by atoms with E-state index in [2.05, 4.69) is 15.9 Å². The van der Waals surface area contributed by atoms with E-state index < -0.39 is 11.4 Å². The lowest BCUT2D eigenvalue weighted by Gasteiger charge is -2.28. The zero-order valence-electron chi connectivity index (χ0n) is 11.0. The fourth-order valence-corrected chi connectivity index (χ4v) is 2.17. The van der Waals surface area contributed by atoms with Crippen LogP contribution in [-0.4, -0.2) is 31.8 Å². The Bertz CT molecular complexity index is 446. The molecule has 1 aromatic carbocycles. The average molecular weight is 316 g/mol. The molecule has 0 aromatic heterocycles. The fourth-order valence-electron chi connectivity index (χ4n) is 1.64. The van der Waals surface area contributed by atoms with Crippen molar-refractivity contribution in [2.24, 2.45) is 5.41 Å². The SMILES string of the molecule is COc1ccc(N(C)CC(C)(C)C(=O)O)cc1Br. The summed E-state index contributed by atoms with van der Waals surface area (Å²) >= 11 is 3.42. The van der Waals surface area contributed by atoms with Gasteiger partial charge >= 0.3 is 5.97 Å². The lowest BCUT2D eigenvalue weighted by molar-refractivity contribution is -0.146. The molecular formula is C13H18BrNO3. The minimum absolute atomic E-state index is 0.432. The van der Waals surface area contributed by atoms with Gasteiger partial charge in [-0.25, -0.2) is 0 Å². The highest BCUT2D eigenvalue weighted by atomic mass is 79.9. The summed E-state index contributed by atoms with van der Waals surface area (Å²) in [6, 6.07) is 5.67. The number of hydrogen-bond donors (Lipinski definition) is 1. The van der Waals surface area contributed by atoms with Crippen molar-refractivity contribution in [1.29, 1.82) is 0 Å². The molecule has 18 heavy (non-hydrogen) atoms. The molecule has 5 heteroatoms. The van der Waals surface area contributed by atoms with E-state index in [0.717, 1.165) is 15.9 Å². The number of benzene rings is 1. The summed E-state index contributed by atoms with van der Waals surface area (Å²) in [5.41, 5.74) is 0.151. The van der Waals surface area contributed by atoms with Gasteiger partial charge in [-0.15, -0.1) is 0 Å². The van der Waals surface area contributed by atoms with E-state index in [-0.39, 0.29) is 0 Å². The molecule has 4 nitrogen and oxygen atoms in total. The van der Waals surface area contributed by atoms with Gasteiger partial charge in [0.15, 0.2) is 0 Å². The molecule has 0 saturated heterocycles. The molecule has 0 saturated carbocycles. The normalized spacial score (nSPS) is 11.2. The molecule has 1 N–H and O–H groups in total. The molecule has 0 fully saturated rings. The Labute approximate surface area is 116 Å². The van der Waals surface area contributed by atoms with Crippen LogP contribution in [0.1, 0.15) is 13.8 Å². The third-order valence-electron chi connectivity index (χ3n) is 2.79. The molecule has 100 valence electrons. The second kappa shape index (κ2) is 5.61. The van der Waals surface area contributed by atoms with Crippen LogP contribution in [0, 0.1) is 5.41 Å². The smallest absolute Gasteiger partial charge is 0.310 e. The first kappa shape index (κ1) is 14.8. The van der Waals surface area contributed by atoms with Crippen LogP contribution in [0.2, 0.25) is 0 Å². The van der Waals surface area contributed by atoms with E-state index in [9.17, 15) is 4.79 Å². The topological polar surface area (TPSA) is 49.8 Å². The van der Waals surface area contributed by atoms with Gasteiger partial charge in [-0.2, -0.15) is 0 Å².